The summed E-state index contributed by atoms with van der Waals surface area (Å²) in [4.78, 5) is 29.8. The minimum atomic E-state index is -0.744. The first-order valence-electron chi connectivity index (χ1n) is 9.17. The highest BCUT2D eigenvalue weighted by Crippen LogP contribution is 2.25. The van der Waals surface area contributed by atoms with Crippen molar-refractivity contribution in [2.45, 2.75) is 39.2 Å². The Morgan fingerprint density at radius 2 is 1.96 bits per heavy atom. The van der Waals surface area contributed by atoms with E-state index in [2.05, 4.69) is 27.8 Å². The van der Waals surface area contributed by atoms with E-state index in [1.807, 2.05) is 6.07 Å². The zero-order chi connectivity index (χ0) is 20.3. The number of aromatic nitrogens is 2. The van der Waals surface area contributed by atoms with Gasteiger partial charge in [0.2, 0.25) is 0 Å². The van der Waals surface area contributed by atoms with Gasteiger partial charge in [-0.2, -0.15) is 0 Å². The van der Waals surface area contributed by atoms with Crippen molar-refractivity contribution < 1.29 is 9.18 Å². The molecule has 0 atom stereocenters. The number of fused-ring (bicyclic) bond motifs is 1. The van der Waals surface area contributed by atoms with Gasteiger partial charge in [0.25, 0.3) is 11.5 Å². The van der Waals surface area contributed by atoms with Crippen molar-refractivity contribution in [1.82, 2.24) is 9.55 Å². The molecular formula is C21H21BrFN3O2. The molecule has 5 nitrogen and oxygen atoms in total. The second kappa shape index (κ2) is 8.65. The maximum Gasteiger partial charge on any atom is 0.265 e. The predicted octanol–water partition coefficient (Wildman–Crippen LogP) is 4.18. The quantitative estimate of drug-likeness (QED) is 0.554. The molecule has 7 heteroatoms. The van der Waals surface area contributed by atoms with E-state index in [0.29, 0.717) is 17.6 Å². The van der Waals surface area contributed by atoms with E-state index in [1.165, 1.54) is 16.7 Å². The van der Waals surface area contributed by atoms with Crippen LogP contribution in [0.3, 0.4) is 0 Å². The minimum absolute atomic E-state index is 0.00520. The van der Waals surface area contributed by atoms with E-state index in [1.54, 1.807) is 18.3 Å². The second-order valence-electron chi connectivity index (χ2n) is 6.72. The number of hydrogen-bond acceptors (Lipinski definition) is 3. The van der Waals surface area contributed by atoms with Crippen LogP contribution in [0.1, 0.15) is 47.7 Å². The van der Waals surface area contributed by atoms with Gasteiger partial charge in [-0.3, -0.25) is 14.2 Å². The van der Waals surface area contributed by atoms with Crippen LogP contribution in [-0.4, -0.2) is 15.5 Å². The summed E-state index contributed by atoms with van der Waals surface area (Å²) in [5.41, 5.74) is 6.98. The first-order chi connectivity index (χ1) is 13.4. The number of primary amides is 1. The third-order valence-electron chi connectivity index (χ3n) is 4.71. The Morgan fingerprint density at radius 3 is 2.61 bits per heavy atom. The van der Waals surface area contributed by atoms with Crippen LogP contribution in [-0.2, 0) is 13.0 Å². The fourth-order valence-corrected chi connectivity index (χ4v) is 3.68. The first-order valence-corrected chi connectivity index (χ1v) is 9.96. The van der Waals surface area contributed by atoms with E-state index < -0.39 is 11.5 Å². The molecule has 0 aliphatic carbocycles. The maximum absolute atomic E-state index is 13.2. The Bertz CT molecular complexity index is 1080. The van der Waals surface area contributed by atoms with Gasteiger partial charge in [0.1, 0.15) is 17.0 Å². The van der Waals surface area contributed by atoms with Crippen LogP contribution in [0.2, 0.25) is 0 Å². The number of pyridine rings is 2. The summed E-state index contributed by atoms with van der Waals surface area (Å²) in [5.74, 6) is -1.10. The van der Waals surface area contributed by atoms with Crippen molar-refractivity contribution in [2.75, 3.05) is 0 Å². The topological polar surface area (TPSA) is 78.0 Å². The fraction of sp³-hybridized carbons (Fsp3) is 0.286. The van der Waals surface area contributed by atoms with Gasteiger partial charge in [0, 0.05) is 16.1 Å². The molecule has 1 amide bonds. The lowest BCUT2D eigenvalue weighted by molar-refractivity contribution is 0.0997. The number of benzene rings is 1. The van der Waals surface area contributed by atoms with Gasteiger partial charge < -0.3 is 5.73 Å². The van der Waals surface area contributed by atoms with Gasteiger partial charge >= 0.3 is 0 Å². The number of halogens is 2. The molecule has 0 spiro atoms. The highest BCUT2D eigenvalue weighted by molar-refractivity contribution is 9.10. The van der Waals surface area contributed by atoms with Crippen LogP contribution in [0, 0.1) is 5.82 Å². The molecular weight excluding hydrogens is 425 g/mol. The standard InChI is InChI=1S/C21H21BrFN3O2/c1-2-3-4-5-16-17-10-14(22)11-25-20(17)26(21(28)18(16)19(24)27)12-13-6-8-15(23)9-7-13/h6-11H,2-5,12H2,1H3,(H2,24,27). The zero-order valence-corrected chi connectivity index (χ0v) is 17.1. The number of nitrogens with zero attached hydrogens (tertiary/aromatic N) is 2. The van der Waals surface area contributed by atoms with Crippen molar-refractivity contribution in [2.24, 2.45) is 5.73 Å². The van der Waals surface area contributed by atoms with Crippen LogP contribution < -0.4 is 11.3 Å². The molecule has 2 N–H and O–H groups in total. The summed E-state index contributed by atoms with van der Waals surface area (Å²) in [5, 5.41) is 0.723. The maximum atomic E-state index is 13.2. The van der Waals surface area contributed by atoms with Crippen LogP contribution in [0.25, 0.3) is 11.0 Å². The normalized spacial score (nSPS) is 11.1. The van der Waals surface area contributed by atoms with E-state index in [0.717, 1.165) is 34.7 Å². The highest BCUT2D eigenvalue weighted by Gasteiger charge is 2.21. The Hall–Kier alpha value is -2.54. The van der Waals surface area contributed by atoms with Crippen LogP contribution in [0.4, 0.5) is 4.39 Å². The number of aryl methyl sites for hydroxylation is 1. The molecule has 1 aromatic carbocycles. The molecule has 2 aromatic heterocycles. The van der Waals surface area contributed by atoms with E-state index in [4.69, 9.17) is 5.73 Å². The van der Waals surface area contributed by atoms with Gasteiger partial charge in [-0.05, 0) is 58.1 Å². The molecule has 0 unspecified atom stereocenters. The van der Waals surface area contributed by atoms with E-state index in [9.17, 15) is 14.0 Å². The summed E-state index contributed by atoms with van der Waals surface area (Å²) < 4.78 is 15.4. The Labute approximate surface area is 170 Å². The number of amides is 1. The van der Waals surface area contributed by atoms with Crippen LogP contribution in [0.15, 0.2) is 45.8 Å². The van der Waals surface area contributed by atoms with Crippen LogP contribution >= 0.6 is 15.9 Å². The number of carbonyl (C=O) groups excluding carboxylic acids is 1. The second-order valence-corrected chi connectivity index (χ2v) is 7.63. The molecule has 0 aliphatic heterocycles. The Morgan fingerprint density at radius 1 is 1.25 bits per heavy atom. The number of unbranched alkanes of at least 4 members (excludes halogenated alkanes) is 2. The lowest BCUT2D eigenvalue weighted by Crippen LogP contribution is -2.32. The Kier molecular flexibility index (Phi) is 6.24. The summed E-state index contributed by atoms with van der Waals surface area (Å²) in [7, 11) is 0. The largest absolute Gasteiger partial charge is 0.365 e. The molecule has 28 heavy (non-hydrogen) atoms. The molecule has 2 heterocycles. The molecule has 146 valence electrons. The third kappa shape index (κ3) is 4.14. The van der Waals surface area contributed by atoms with E-state index >= 15 is 0 Å². The molecule has 0 bridgehead atoms. The van der Waals surface area contributed by atoms with Crippen molar-refractivity contribution in [3.05, 3.63) is 73.9 Å². The van der Waals surface area contributed by atoms with Gasteiger partial charge in [-0.15, -0.1) is 0 Å². The zero-order valence-electron chi connectivity index (χ0n) is 15.5. The number of hydrogen-bond donors (Lipinski definition) is 1. The fourth-order valence-electron chi connectivity index (χ4n) is 3.35. The predicted molar refractivity (Wildman–Crippen MR) is 111 cm³/mol. The van der Waals surface area contributed by atoms with Gasteiger partial charge in [-0.1, -0.05) is 31.9 Å². The molecule has 3 aromatic rings. The monoisotopic (exact) mass is 445 g/mol. The van der Waals surface area contributed by atoms with Crippen molar-refractivity contribution in [3.8, 4) is 0 Å². The summed E-state index contributed by atoms with van der Waals surface area (Å²) in [6.45, 7) is 2.26. The van der Waals surface area contributed by atoms with Crippen molar-refractivity contribution >= 4 is 32.9 Å². The average Bonchev–Trinajstić information content (AvgIpc) is 2.66. The molecule has 0 saturated carbocycles. The Balaban J connectivity index is 2.25. The lowest BCUT2D eigenvalue weighted by atomic mass is 9.98. The van der Waals surface area contributed by atoms with E-state index in [-0.39, 0.29) is 17.9 Å². The third-order valence-corrected chi connectivity index (χ3v) is 5.14. The average molecular weight is 446 g/mol. The van der Waals surface area contributed by atoms with Crippen LogP contribution in [0.5, 0.6) is 0 Å². The lowest BCUT2D eigenvalue weighted by Gasteiger charge is -2.16. The molecule has 0 aliphatic rings. The summed E-state index contributed by atoms with van der Waals surface area (Å²) >= 11 is 3.42. The van der Waals surface area contributed by atoms with Gasteiger partial charge in [-0.25, -0.2) is 9.37 Å². The molecule has 0 fully saturated rings. The number of carbonyl (C=O) groups is 1. The summed E-state index contributed by atoms with van der Waals surface area (Å²) in [6.07, 6.45) is 5.04. The first kappa shape index (κ1) is 20.2. The minimum Gasteiger partial charge on any atom is -0.365 e. The van der Waals surface area contributed by atoms with Crippen molar-refractivity contribution in [3.63, 3.8) is 0 Å². The van der Waals surface area contributed by atoms with Gasteiger partial charge in [0.15, 0.2) is 0 Å². The highest BCUT2D eigenvalue weighted by atomic mass is 79.9. The number of nitrogens with two attached hydrogens (primary N) is 1. The smallest absolute Gasteiger partial charge is 0.265 e. The van der Waals surface area contributed by atoms with Crippen molar-refractivity contribution in [1.29, 1.82) is 0 Å². The summed E-state index contributed by atoms with van der Waals surface area (Å²) in [6, 6.07) is 7.73. The molecule has 0 saturated heterocycles. The molecule has 3 rings (SSSR count). The molecule has 0 radical (unpaired) electrons. The SMILES string of the molecule is CCCCCc1c(C(N)=O)c(=O)n(Cc2ccc(F)cc2)c2ncc(Br)cc12. The number of rotatable bonds is 7. The van der Waals surface area contributed by atoms with Gasteiger partial charge in [0.05, 0.1) is 6.54 Å².